The highest BCUT2D eigenvalue weighted by Gasteiger charge is 2.30. The van der Waals surface area contributed by atoms with E-state index in [1.807, 2.05) is 4.90 Å². The standard InChI is InChI=1S/C31H55N3O7/c1-32-27(35)24-26(31(40)41)33-30(39)25-20-22-34(23-21-25)28(36)18-16-14-12-10-8-6-4-2-3-5-7-9-11-13-15-17-19-29(37)38/h25-26H,2-24H2,1H3,(H,32,35)(H,33,39)(H,37,38)(H,40,41)/t26-/m1/s1. The van der Waals surface area contributed by atoms with Crippen molar-refractivity contribution in [2.75, 3.05) is 20.1 Å². The fourth-order valence-corrected chi connectivity index (χ4v) is 5.35. The van der Waals surface area contributed by atoms with Crippen LogP contribution < -0.4 is 10.6 Å². The molecule has 3 amide bonds. The maximum atomic E-state index is 12.6. The lowest BCUT2D eigenvalue weighted by Crippen LogP contribution is -2.48. The molecule has 1 rings (SSSR count). The molecule has 10 heteroatoms. The molecule has 41 heavy (non-hydrogen) atoms. The molecule has 0 radical (unpaired) electrons. The Hall–Kier alpha value is -2.65. The highest BCUT2D eigenvalue weighted by atomic mass is 16.4. The lowest BCUT2D eigenvalue weighted by Gasteiger charge is -2.32. The van der Waals surface area contributed by atoms with Crippen molar-refractivity contribution in [2.45, 2.75) is 141 Å². The first-order valence-electron chi connectivity index (χ1n) is 16.0. The van der Waals surface area contributed by atoms with E-state index in [1.165, 1.54) is 71.3 Å². The molecule has 1 fully saturated rings. The molecule has 0 aromatic heterocycles. The van der Waals surface area contributed by atoms with Gasteiger partial charge in [-0.05, 0) is 25.7 Å². The zero-order valence-corrected chi connectivity index (χ0v) is 25.3. The summed E-state index contributed by atoms with van der Waals surface area (Å²) < 4.78 is 0. The molecule has 0 aromatic carbocycles. The lowest BCUT2D eigenvalue weighted by atomic mass is 9.95. The molecule has 236 valence electrons. The van der Waals surface area contributed by atoms with Crippen LogP contribution in [-0.2, 0) is 24.0 Å². The number of likely N-dealkylation sites (tertiary alicyclic amines) is 1. The molecule has 1 atom stereocenters. The van der Waals surface area contributed by atoms with Gasteiger partial charge in [0.15, 0.2) is 0 Å². The van der Waals surface area contributed by atoms with Crippen molar-refractivity contribution in [3.63, 3.8) is 0 Å². The first kappa shape index (κ1) is 36.4. The molecular formula is C31H55N3O7. The molecule has 4 N–H and O–H groups in total. The van der Waals surface area contributed by atoms with E-state index in [-0.39, 0.29) is 24.2 Å². The van der Waals surface area contributed by atoms with Crippen molar-refractivity contribution in [2.24, 2.45) is 5.92 Å². The molecular weight excluding hydrogens is 526 g/mol. The normalized spacial score (nSPS) is 14.4. The zero-order valence-electron chi connectivity index (χ0n) is 25.3. The molecule has 10 nitrogen and oxygen atoms in total. The van der Waals surface area contributed by atoms with Gasteiger partial charge in [0, 0.05) is 38.9 Å². The van der Waals surface area contributed by atoms with Crippen molar-refractivity contribution in [1.82, 2.24) is 15.5 Å². The Balaban J connectivity index is 1.97. The average molecular weight is 582 g/mol. The summed E-state index contributed by atoms with van der Waals surface area (Å²) in [5, 5.41) is 22.7. The number of carboxylic acid groups (broad SMARTS) is 2. The van der Waals surface area contributed by atoms with Crippen LogP contribution in [-0.4, -0.2) is 71.0 Å². The molecule has 0 aromatic rings. The Kier molecular flexibility index (Phi) is 20.4. The third kappa shape index (κ3) is 18.4. The summed E-state index contributed by atoms with van der Waals surface area (Å²) >= 11 is 0. The van der Waals surface area contributed by atoms with E-state index in [1.54, 1.807) is 0 Å². The topological polar surface area (TPSA) is 153 Å². The van der Waals surface area contributed by atoms with E-state index < -0.39 is 23.9 Å². The SMILES string of the molecule is CNC(=O)C[C@@H](NC(=O)C1CCN(C(=O)CCCCCCCCCCCCCCCCCCC(=O)O)CC1)C(=O)O. The minimum atomic E-state index is -1.25. The van der Waals surface area contributed by atoms with Crippen LogP contribution in [0.5, 0.6) is 0 Å². The molecule has 1 heterocycles. The second-order valence-electron chi connectivity index (χ2n) is 11.5. The van der Waals surface area contributed by atoms with Gasteiger partial charge in [-0.15, -0.1) is 0 Å². The number of nitrogens with one attached hydrogen (secondary N) is 2. The summed E-state index contributed by atoms with van der Waals surface area (Å²) in [5.74, 6) is -2.96. The summed E-state index contributed by atoms with van der Waals surface area (Å²) in [5.41, 5.74) is 0. The van der Waals surface area contributed by atoms with Crippen molar-refractivity contribution < 1.29 is 34.2 Å². The van der Waals surface area contributed by atoms with E-state index in [9.17, 15) is 29.1 Å². The van der Waals surface area contributed by atoms with Crippen LogP contribution in [0.15, 0.2) is 0 Å². The van der Waals surface area contributed by atoms with Crippen LogP contribution in [0.2, 0.25) is 0 Å². The van der Waals surface area contributed by atoms with Gasteiger partial charge in [-0.3, -0.25) is 19.2 Å². The van der Waals surface area contributed by atoms with E-state index >= 15 is 0 Å². The number of rotatable bonds is 24. The Bertz CT molecular complexity index is 782. The van der Waals surface area contributed by atoms with E-state index in [4.69, 9.17) is 5.11 Å². The number of nitrogens with zero attached hydrogens (tertiary/aromatic N) is 1. The van der Waals surface area contributed by atoms with Crippen molar-refractivity contribution >= 4 is 29.7 Å². The van der Waals surface area contributed by atoms with Crippen LogP contribution in [0.3, 0.4) is 0 Å². The molecule has 1 saturated heterocycles. The van der Waals surface area contributed by atoms with E-state index in [0.29, 0.717) is 38.8 Å². The molecule has 0 unspecified atom stereocenters. The molecule has 0 spiro atoms. The van der Waals surface area contributed by atoms with Gasteiger partial charge in [0.05, 0.1) is 6.42 Å². The predicted molar refractivity (Wildman–Crippen MR) is 158 cm³/mol. The Morgan fingerprint density at radius 3 is 1.49 bits per heavy atom. The number of piperidine rings is 1. The van der Waals surface area contributed by atoms with E-state index in [0.717, 1.165) is 38.5 Å². The third-order valence-corrected chi connectivity index (χ3v) is 8.03. The largest absolute Gasteiger partial charge is 0.481 e. The maximum absolute atomic E-state index is 12.6. The number of unbranched alkanes of at least 4 members (excludes halogenated alkanes) is 15. The van der Waals surface area contributed by atoms with Gasteiger partial charge in [-0.1, -0.05) is 89.9 Å². The quantitative estimate of drug-likeness (QED) is 0.117. The summed E-state index contributed by atoms with van der Waals surface area (Å²) in [6.07, 6.45) is 20.4. The van der Waals surface area contributed by atoms with Crippen molar-refractivity contribution in [3.05, 3.63) is 0 Å². The predicted octanol–water partition coefficient (Wildman–Crippen LogP) is 5.04. The Labute approximate surface area is 246 Å². The third-order valence-electron chi connectivity index (χ3n) is 8.03. The molecule has 0 saturated carbocycles. The fourth-order valence-electron chi connectivity index (χ4n) is 5.35. The van der Waals surface area contributed by atoms with Crippen LogP contribution in [0.4, 0.5) is 0 Å². The van der Waals surface area contributed by atoms with Gasteiger partial charge < -0.3 is 25.7 Å². The summed E-state index contributed by atoms with van der Waals surface area (Å²) in [6, 6.07) is -1.25. The zero-order chi connectivity index (χ0) is 30.3. The second-order valence-corrected chi connectivity index (χ2v) is 11.5. The number of hydrogen-bond donors (Lipinski definition) is 4. The summed E-state index contributed by atoms with van der Waals surface area (Å²) in [4.78, 5) is 60.2. The van der Waals surface area contributed by atoms with E-state index in [2.05, 4.69) is 10.6 Å². The Morgan fingerprint density at radius 2 is 1.10 bits per heavy atom. The monoisotopic (exact) mass is 581 g/mol. The number of hydrogen-bond acceptors (Lipinski definition) is 5. The minimum Gasteiger partial charge on any atom is -0.481 e. The number of aliphatic carboxylic acids is 2. The van der Waals surface area contributed by atoms with Crippen LogP contribution in [0.25, 0.3) is 0 Å². The minimum absolute atomic E-state index is 0.130. The van der Waals surface area contributed by atoms with Crippen LogP contribution in [0.1, 0.15) is 135 Å². The molecule has 0 aliphatic carbocycles. The van der Waals surface area contributed by atoms with Crippen molar-refractivity contribution in [1.29, 1.82) is 0 Å². The fraction of sp³-hybridized carbons (Fsp3) is 0.839. The van der Waals surface area contributed by atoms with Crippen LogP contribution in [0, 0.1) is 5.92 Å². The smallest absolute Gasteiger partial charge is 0.326 e. The highest BCUT2D eigenvalue weighted by Crippen LogP contribution is 2.20. The molecule has 0 bridgehead atoms. The average Bonchev–Trinajstić information content (AvgIpc) is 2.95. The maximum Gasteiger partial charge on any atom is 0.326 e. The van der Waals surface area contributed by atoms with Crippen molar-refractivity contribution in [3.8, 4) is 0 Å². The molecule has 1 aliphatic rings. The van der Waals surface area contributed by atoms with Gasteiger partial charge >= 0.3 is 11.9 Å². The number of amides is 3. The lowest BCUT2D eigenvalue weighted by molar-refractivity contribution is -0.144. The number of carbonyl (C=O) groups is 5. The molecule has 1 aliphatic heterocycles. The Morgan fingerprint density at radius 1 is 0.683 bits per heavy atom. The van der Waals surface area contributed by atoms with Gasteiger partial charge in [0.25, 0.3) is 0 Å². The highest BCUT2D eigenvalue weighted by molar-refractivity contribution is 5.89. The van der Waals surface area contributed by atoms with Gasteiger partial charge in [-0.25, -0.2) is 4.79 Å². The number of carboxylic acids is 2. The number of carbonyl (C=O) groups excluding carboxylic acids is 3. The first-order valence-corrected chi connectivity index (χ1v) is 16.0. The van der Waals surface area contributed by atoms with Crippen LogP contribution >= 0.6 is 0 Å². The van der Waals surface area contributed by atoms with Gasteiger partial charge in [-0.2, -0.15) is 0 Å². The second kappa shape index (κ2) is 23.0. The van der Waals surface area contributed by atoms with Gasteiger partial charge in [0.1, 0.15) is 6.04 Å². The summed E-state index contributed by atoms with van der Waals surface area (Å²) in [7, 11) is 1.42. The summed E-state index contributed by atoms with van der Waals surface area (Å²) in [6.45, 7) is 0.997. The van der Waals surface area contributed by atoms with Gasteiger partial charge in [0.2, 0.25) is 17.7 Å². The first-order chi connectivity index (χ1) is 19.7.